The van der Waals surface area contributed by atoms with Crippen molar-refractivity contribution in [3.05, 3.63) is 70.3 Å². The zero-order chi connectivity index (χ0) is 25.1. The van der Waals surface area contributed by atoms with Crippen LogP contribution >= 0.6 is 0 Å². The normalized spacial score (nSPS) is 24.5. The van der Waals surface area contributed by atoms with Crippen molar-refractivity contribution < 1.29 is 28.2 Å². The number of nitrogens with one attached hydrogen (secondary N) is 1. The average Bonchev–Trinajstić information content (AvgIpc) is 3.43. The molecule has 5 rings (SSSR count). The highest BCUT2D eigenvalue weighted by molar-refractivity contribution is 5.99. The number of nitrogens with zero attached hydrogens (tertiary/aromatic N) is 1. The molecule has 1 aliphatic carbocycles. The summed E-state index contributed by atoms with van der Waals surface area (Å²) in [4.78, 5) is 28.6. The Hall–Kier alpha value is -2.84. The Morgan fingerprint density at radius 3 is 2.54 bits per heavy atom. The van der Waals surface area contributed by atoms with Crippen LogP contribution < -0.4 is 5.32 Å². The predicted molar refractivity (Wildman–Crippen MR) is 124 cm³/mol. The molecule has 0 radical (unpaired) electrons. The first-order valence-corrected chi connectivity index (χ1v) is 12.0. The Bertz CT molecular complexity index is 1170. The zero-order valence-corrected chi connectivity index (χ0v) is 20.1. The molecule has 0 spiro atoms. The topological polar surface area (TPSA) is 78.9 Å². The molecule has 2 aliphatic heterocycles. The number of fused-ring (bicyclic) bond motifs is 1. The maximum absolute atomic E-state index is 14.8. The van der Waals surface area contributed by atoms with E-state index in [0.717, 1.165) is 18.6 Å². The second-order valence-electron chi connectivity index (χ2n) is 10.6. The van der Waals surface area contributed by atoms with Crippen LogP contribution in [0.25, 0.3) is 0 Å². The summed E-state index contributed by atoms with van der Waals surface area (Å²) in [6.07, 6.45) is 1.38. The van der Waals surface area contributed by atoms with Gasteiger partial charge in [-0.05, 0) is 74.9 Å². The minimum absolute atomic E-state index is 0.0110. The van der Waals surface area contributed by atoms with E-state index >= 15 is 0 Å². The van der Waals surface area contributed by atoms with E-state index in [-0.39, 0.29) is 40.8 Å². The Kier molecular flexibility index (Phi) is 5.92. The second kappa shape index (κ2) is 8.68. The molecule has 2 N–H and O–H groups in total. The fourth-order valence-corrected chi connectivity index (χ4v) is 5.21. The van der Waals surface area contributed by atoms with Crippen LogP contribution in [0.5, 0.6) is 0 Å². The van der Waals surface area contributed by atoms with Gasteiger partial charge in [-0.15, -0.1) is 0 Å². The van der Waals surface area contributed by atoms with Gasteiger partial charge in [0, 0.05) is 23.1 Å². The number of carbonyl (C=O) groups excluding carboxylic acids is 2. The van der Waals surface area contributed by atoms with Crippen LogP contribution in [-0.2, 0) is 15.1 Å². The highest BCUT2D eigenvalue weighted by Crippen LogP contribution is 2.48. The summed E-state index contributed by atoms with van der Waals surface area (Å²) in [5.41, 5.74) is 0.199. The van der Waals surface area contributed by atoms with Crippen molar-refractivity contribution in [2.45, 2.75) is 57.3 Å². The number of halogens is 2. The van der Waals surface area contributed by atoms with E-state index < -0.39 is 29.3 Å². The summed E-state index contributed by atoms with van der Waals surface area (Å²) in [5.74, 6) is -1.68. The Labute approximate surface area is 203 Å². The van der Waals surface area contributed by atoms with Crippen LogP contribution in [-0.4, -0.2) is 47.1 Å². The van der Waals surface area contributed by atoms with Crippen molar-refractivity contribution in [3.63, 3.8) is 0 Å². The van der Waals surface area contributed by atoms with Gasteiger partial charge in [0.05, 0.1) is 24.9 Å². The first-order chi connectivity index (χ1) is 16.5. The standard InChI is InChI=1S/C27H30F2N2O4/c1-14-7-21(29)19(11-20(14)28)24(17-12-35-13-17)30-25(32)23-10-16-9-22(16)31(23)26(33)15-5-4-6-18(8-15)27(2,3)34/h4-8,11,16-17,22-24,34H,9-10,12-13H2,1-3H3,(H,30,32)/t16-,22-,23-,24-/m1/s1. The summed E-state index contributed by atoms with van der Waals surface area (Å²) >= 11 is 0. The number of hydrogen-bond acceptors (Lipinski definition) is 4. The molecule has 3 fully saturated rings. The first kappa shape index (κ1) is 23.9. The summed E-state index contributed by atoms with van der Waals surface area (Å²) in [6, 6.07) is 7.64. The molecule has 186 valence electrons. The number of benzene rings is 2. The highest BCUT2D eigenvalue weighted by Gasteiger charge is 2.56. The van der Waals surface area contributed by atoms with Crippen molar-refractivity contribution in [3.8, 4) is 0 Å². The molecule has 0 aromatic heterocycles. The van der Waals surface area contributed by atoms with Gasteiger partial charge in [0.15, 0.2) is 0 Å². The predicted octanol–water partition coefficient (Wildman–Crippen LogP) is 3.61. The maximum atomic E-state index is 14.8. The van der Waals surface area contributed by atoms with Crippen molar-refractivity contribution in [2.75, 3.05) is 13.2 Å². The summed E-state index contributed by atoms with van der Waals surface area (Å²) in [7, 11) is 0. The SMILES string of the molecule is Cc1cc(F)c([C@H](NC(=O)[C@H]2C[C@H]3C[C@H]3N2C(=O)c2cccc(C(C)(C)O)c2)C2COC2)cc1F. The van der Waals surface area contributed by atoms with Crippen LogP contribution in [0.4, 0.5) is 8.78 Å². The van der Waals surface area contributed by atoms with Gasteiger partial charge in [0.2, 0.25) is 5.91 Å². The molecular formula is C27H30F2N2O4. The molecule has 0 unspecified atom stereocenters. The number of amides is 2. The highest BCUT2D eigenvalue weighted by atomic mass is 19.1. The molecule has 2 aromatic rings. The van der Waals surface area contributed by atoms with Crippen molar-refractivity contribution in [2.24, 2.45) is 11.8 Å². The lowest BCUT2D eigenvalue weighted by molar-refractivity contribution is -0.128. The summed E-state index contributed by atoms with van der Waals surface area (Å²) < 4.78 is 34.4. The molecule has 8 heteroatoms. The van der Waals surface area contributed by atoms with E-state index in [4.69, 9.17) is 4.74 Å². The third-order valence-corrected chi connectivity index (χ3v) is 7.50. The largest absolute Gasteiger partial charge is 0.386 e. The third kappa shape index (κ3) is 4.45. The van der Waals surface area contributed by atoms with Crippen LogP contribution in [0.2, 0.25) is 0 Å². The fourth-order valence-electron chi connectivity index (χ4n) is 5.21. The number of aliphatic hydroxyl groups is 1. The minimum atomic E-state index is -1.11. The van der Waals surface area contributed by atoms with Gasteiger partial charge in [-0.2, -0.15) is 0 Å². The quantitative estimate of drug-likeness (QED) is 0.657. The molecule has 35 heavy (non-hydrogen) atoms. The zero-order valence-electron chi connectivity index (χ0n) is 20.1. The van der Waals surface area contributed by atoms with E-state index in [9.17, 15) is 23.5 Å². The molecule has 2 heterocycles. The number of aryl methyl sites for hydroxylation is 1. The van der Waals surface area contributed by atoms with Crippen molar-refractivity contribution in [1.29, 1.82) is 0 Å². The van der Waals surface area contributed by atoms with Gasteiger partial charge >= 0.3 is 0 Å². The lowest BCUT2D eigenvalue weighted by Crippen LogP contribution is -2.51. The number of ether oxygens (including phenoxy) is 1. The summed E-state index contributed by atoms with van der Waals surface area (Å²) in [6.45, 7) is 5.46. The van der Waals surface area contributed by atoms with Crippen LogP contribution in [0.15, 0.2) is 36.4 Å². The first-order valence-electron chi connectivity index (χ1n) is 12.0. The maximum Gasteiger partial charge on any atom is 0.254 e. The van der Waals surface area contributed by atoms with Gasteiger partial charge in [0.1, 0.15) is 17.7 Å². The van der Waals surface area contributed by atoms with Gasteiger partial charge < -0.3 is 20.1 Å². The van der Waals surface area contributed by atoms with Gasteiger partial charge in [-0.1, -0.05) is 12.1 Å². The molecule has 2 aromatic carbocycles. The van der Waals surface area contributed by atoms with E-state index in [2.05, 4.69) is 5.32 Å². The van der Waals surface area contributed by atoms with E-state index in [1.807, 2.05) is 0 Å². The lowest BCUT2D eigenvalue weighted by Gasteiger charge is -2.36. The number of piperidine rings is 1. The number of hydrogen-bond donors (Lipinski definition) is 2. The van der Waals surface area contributed by atoms with Crippen LogP contribution in [0.3, 0.4) is 0 Å². The lowest BCUT2D eigenvalue weighted by atomic mass is 9.90. The molecule has 2 saturated heterocycles. The van der Waals surface area contributed by atoms with Crippen LogP contribution in [0.1, 0.15) is 59.8 Å². The average molecular weight is 485 g/mol. The van der Waals surface area contributed by atoms with Crippen molar-refractivity contribution in [1.82, 2.24) is 10.2 Å². The Morgan fingerprint density at radius 2 is 1.89 bits per heavy atom. The smallest absolute Gasteiger partial charge is 0.254 e. The molecule has 4 atom stereocenters. The number of likely N-dealkylation sites (tertiary alicyclic amines) is 1. The fraction of sp³-hybridized carbons (Fsp3) is 0.481. The number of carbonyl (C=O) groups is 2. The molecule has 1 saturated carbocycles. The number of rotatable bonds is 6. The van der Waals surface area contributed by atoms with Crippen molar-refractivity contribution >= 4 is 11.8 Å². The Balaban J connectivity index is 1.39. The van der Waals surface area contributed by atoms with E-state index in [1.54, 1.807) is 43.0 Å². The van der Waals surface area contributed by atoms with Gasteiger partial charge in [0.25, 0.3) is 5.91 Å². The molecule has 2 amide bonds. The monoisotopic (exact) mass is 484 g/mol. The molecule has 6 nitrogen and oxygen atoms in total. The van der Waals surface area contributed by atoms with E-state index in [1.165, 1.54) is 6.92 Å². The van der Waals surface area contributed by atoms with Gasteiger partial charge in [-0.25, -0.2) is 8.78 Å². The molecule has 3 aliphatic rings. The minimum Gasteiger partial charge on any atom is -0.386 e. The second-order valence-corrected chi connectivity index (χ2v) is 10.6. The molecular weight excluding hydrogens is 454 g/mol. The van der Waals surface area contributed by atoms with Gasteiger partial charge in [-0.3, -0.25) is 9.59 Å². The Morgan fingerprint density at radius 1 is 1.14 bits per heavy atom. The van der Waals surface area contributed by atoms with E-state index in [0.29, 0.717) is 30.8 Å². The van der Waals surface area contributed by atoms with Crippen LogP contribution in [0, 0.1) is 30.4 Å². The third-order valence-electron chi connectivity index (χ3n) is 7.50. The summed E-state index contributed by atoms with van der Waals surface area (Å²) in [5, 5.41) is 13.3. The molecule has 0 bridgehead atoms.